The molecule has 0 radical (unpaired) electrons. The SMILES string of the molecule is CC(=O)Nc1ncnc(NC(C)CCc2cccc([N+](=O)[O-])c2)n1. The van der Waals surface area contributed by atoms with Crippen LogP contribution in [0, 0.1) is 10.1 Å². The highest BCUT2D eigenvalue weighted by molar-refractivity contribution is 5.86. The Hall–Kier alpha value is -3.10. The first-order valence-corrected chi connectivity index (χ1v) is 7.40. The summed E-state index contributed by atoms with van der Waals surface area (Å²) in [5.74, 6) is 0.289. The van der Waals surface area contributed by atoms with Gasteiger partial charge in [-0.05, 0) is 25.3 Å². The number of anilines is 2. The Labute approximate surface area is 138 Å². The van der Waals surface area contributed by atoms with Crippen LogP contribution in [0.15, 0.2) is 30.6 Å². The van der Waals surface area contributed by atoms with Crippen LogP contribution in [0.1, 0.15) is 25.8 Å². The summed E-state index contributed by atoms with van der Waals surface area (Å²) in [6.07, 6.45) is 2.73. The molecule has 126 valence electrons. The lowest BCUT2D eigenvalue weighted by Gasteiger charge is -2.13. The van der Waals surface area contributed by atoms with Crippen molar-refractivity contribution in [2.45, 2.75) is 32.7 Å². The normalized spacial score (nSPS) is 11.6. The number of hydrogen-bond acceptors (Lipinski definition) is 7. The van der Waals surface area contributed by atoms with Crippen LogP contribution in [-0.4, -0.2) is 31.8 Å². The number of benzene rings is 1. The third-order valence-corrected chi connectivity index (χ3v) is 3.22. The van der Waals surface area contributed by atoms with Gasteiger partial charge in [0.2, 0.25) is 17.8 Å². The van der Waals surface area contributed by atoms with Crippen molar-refractivity contribution in [3.63, 3.8) is 0 Å². The topological polar surface area (TPSA) is 123 Å². The summed E-state index contributed by atoms with van der Waals surface area (Å²) in [5, 5.41) is 16.4. The van der Waals surface area contributed by atoms with Gasteiger partial charge in [-0.15, -0.1) is 0 Å². The number of nitro groups is 1. The lowest BCUT2D eigenvalue weighted by molar-refractivity contribution is -0.384. The molecule has 2 N–H and O–H groups in total. The minimum atomic E-state index is -0.403. The van der Waals surface area contributed by atoms with Crippen molar-refractivity contribution < 1.29 is 9.72 Å². The summed E-state index contributed by atoms with van der Waals surface area (Å²) in [5.41, 5.74) is 0.984. The number of carbonyl (C=O) groups is 1. The van der Waals surface area contributed by atoms with E-state index in [0.29, 0.717) is 12.4 Å². The van der Waals surface area contributed by atoms with E-state index in [1.165, 1.54) is 19.3 Å². The number of hydrogen-bond donors (Lipinski definition) is 2. The third-order valence-electron chi connectivity index (χ3n) is 3.22. The molecule has 0 saturated carbocycles. The molecule has 9 heteroatoms. The van der Waals surface area contributed by atoms with Crippen molar-refractivity contribution in [3.05, 3.63) is 46.3 Å². The zero-order chi connectivity index (χ0) is 17.5. The Balaban J connectivity index is 1.91. The number of nitro benzene ring substituents is 1. The van der Waals surface area contributed by atoms with E-state index in [-0.39, 0.29) is 23.6 Å². The van der Waals surface area contributed by atoms with Crippen LogP contribution < -0.4 is 10.6 Å². The number of aryl methyl sites for hydroxylation is 1. The molecule has 2 aromatic rings. The highest BCUT2D eigenvalue weighted by Crippen LogP contribution is 2.15. The van der Waals surface area contributed by atoms with Crippen molar-refractivity contribution >= 4 is 23.5 Å². The van der Waals surface area contributed by atoms with E-state index in [1.54, 1.807) is 12.1 Å². The number of non-ortho nitro benzene ring substituents is 1. The smallest absolute Gasteiger partial charge is 0.269 e. The van der Waals surface area contributed by atoms with Crippen LogP contribution in [0.5, 0.6) is 0 Å². The Kier molecular flexibility index (Phi) is 5.72. The van der Waals surface area contributed by atoms with Gasteiger partial charge < -0.3 is 5.32 Å². The first-order chi connectivity index (χ1) is 11.4. The number of aromatic nitrogens is 3. The van der Waals surface area contributed by atoms with E-state index in [0.717, 1.165) is 12.0 Å². The quantitative estimate of drug-likeness (QED) is 0.589. The fourth-order valence-corrected chi connectivity index (χ4v) is 2.08. The van der Waals surface area contributed by atoms with Gasteiger partial charge in [0.1, 0.15) is 6.33 Å². The van der Waals surface area contributed by atoms with E-state index in [4.69, 9.17) is 0 Å². The van der Waals surface area contributed by atoms with Gasteiger partial charge in [0.25, 0.3) is 5.69 Å². The van der Waals surface area contributed by atoms with Gasteiger partial charge in [-0.25, -0.2) is 9.97 Å². The lowest BCUT2D eigenvalue weighted by atomic mass is 10.1. The monoisotopic (exact) mass is 330 g/mol. The lowest BCUT2D eigenvalue weighted by Crippen LogP contribution is -2.19. The minimum absolute atomic E-state index is 0.0387. The maximum atomic E-state index is 11.0. The average Bonchev–Trinajstić information content (AvgIpc) is 2.53. The third kappa shape index (κ3) is 5.27. The fraction of sp³-hybridized carbons (Fsp3) is 0.333. The predicted octanol–water partition coefficient (Wildman–Crippen LogP) is 2.17. The van der Waals surface area contributed by atoms with E-state index < -0.39 is 4.92 Å². The van der Waals surface area contributed by atoms with Crippen molar-refractivity contribution in [2.75, 3.05) is 10.6 Å². The Morgan fingerprint density at radius 3 is 2.79 bits per heavy atom. The van der Waals surface area contributed by atoms with Crippen molar-refractivity contribution in [1.82, 2.24) is 15.0 Å². The second kappa shape index (κ2) is 7.95. The number of rotatable bonds is 7. The molecule has 1 atom stereocenters. The zero-order valence-corrected chi connectivity index (χ0v) is 13.4. The molecule has 2 rings (SSSR count). The van der Waals surface area contributed by atoms with Crippen LogP contribution in [-0.2, 0) is 11.2 Å². The summed E-state index contributed by atoms with van der Waals surface area (Å²) in [7, 11) is 0. The number of nitrogens with zero attached hydrogens (tertiary/aromatic N) is 4. The van der Waals surface area contributed by atoms with Crippen LogP contribution in [0.3, 0.4) is 0 Å². The Bertz CT molecular complexity index is 737. The molecule has 1 heterocycles. The minimum Gasteiger partial charge on any atom is -0.352 e. The molecule has 1 aromatic carbocycles. The number of amides is 1. The van der Waals surface area contributed by atoms with Crippen LogP contribution in [0.4, 0.5) is 17.6 Å². The first kappa shape index (κ1) is 17.3. The summed E-state index contributed by atoms with van der Waals surface area (Å²) in [4.78, 5) is 33.3. The van der Waals surface area contributed by atoms with Crippen LogP contribution >= 0.6 is 0 Å². The number of nitrogens with one attached hydrogen (secondary N) is 2. The molecule has 24 heavy (non-hydrogen) atoms. The molecule has 1 amide bonds. The maximum Gasteiger partial charge on any atom is 0.269 e. The van der Waals surface area contributed by atoms with Gasteiger partial charge in [-0.1, -0.05) is 12.1 Å². The van der Waals surface area contributed by atoms with Crippen molar-refractivity contribution in [1.29, 1.82) is 0 Å². The molecule has 0 spiro atoms. The molecular formula is C15H18N6O3. The molecule has 1 unspecified atom stereocenters. The summed E-state index contributed by atoms with van der Waals surface area (Å²) in [6, 6.07) is 6.62. The largest absolute Gasteiger partial charge is 0.352 e. The number of carbonyl (C=O) groups excluding carboxylic acids is 1. The standard InChI is InChI=1S/C15H18N6O3/c1-10(6-7-12-4-3-5-13(8-12)21(23)24)18-14-16-9-17-15(20-14)19-11(2)22/h3-5,8-10H,6-7H2,1-2H3,(H2,16,17,18,19,20,22). The maximum absolute atomic E-state index is 11.0. The highest BCUT2D eigenvalue weighted by Gasteiger charge is 2.09. The van der Waals surface area contributed by atoms with Gasteiger partial charge in [-0.3, -0.25) is 20.2 Å². The Morgan fingerprint density at radius 1 is 1.33 bits per heavy atom. The highest BCUT2D eigenvalue weighted by atomic mass is 16.6. The summed E-state index contributed by atoms with van der Waals surface area (Å²) in [6.45, 7) is 3.33. The molecule has 0 aliphatic rings. The van der Waals surface area contributed by atoms with Crippen LogP contribution in [0.25, 0.3) is 0 Å². The van der Waals surface area contributed by atoms with Crippen molar-refractivity contribution in [2.24, 2.45) is 0 Å². The molecule has 0 aliphatic heterocycles. The van der Waals surface area contributed by atoms with E-state index in [1.807, 2.05) is 13.0 Å². The summed E-state index contributed by atoms with van der Waals surface area (Å²) < 4.78 is 0. The first-order valence-electron chi connectivity index (χ1n) is 7.40. The van der Waals surface area contributed by atoms with E-state index in [2.05, 4.69) is 25.6 Å². The van der Waals surface area contributed by atoms with Crippen LogP contribution in [0.2, 0.25) is 0 Å². The van der Waals surface area contributed by atoms with Gasteiger partial charge >= 0.3 is 0 Å². The van der Waals surface area contributed by atoms with Gasteiger partial charge in [0.15, 0.2) is 0 Å². The zero-order valence-electron chi connectivity index (χ0n) is 13.4. The second-order valence-corrected chi connectivity index (χ2v) is 5.32. The molecule has 9 nitrogen and oxygen atoms in total. The fourth-order valence-electron chi connectivity index (χ4n) is 2.08. The predicted molar refractivity (Wildman–Crippen MR) is 88.6 cm³/mol. The van der Waals surface area contributed by atoms with Gasteiger partial charge in [-0.2, -0.15) is 4.98 Å². The molecule has 0 bridgehead atoms. The molecule has 1 aromatic heterocycles. The summed E-state index contributed by atoms with van der Waals surface area (Å²) >= 11 is 0. The molecule has 0 saturated heterocycles. The van der Waals surface area contributed by atoms with Crippen molar-refractivity contribution in [3.8, 4) is 0 Å². The molecule has 0 fully saturated rings. The van der Waals surface area contributed by atoms with E-state index >= 15 is 0 Å². The molecule has 0 aliphatic carbocycles. The molecular weight excluding hydrogens is 312 g/mol. The average molecular weight is 330 g/mol. The van der Waals surface area contributed by atoms with E-state index in [9.17, 15) is 14.9 Å². The second-order valence-electron chi connectivity index (χ2n) is 5.32. The van der Waals surface area contributed by atoms with Gasteiger partial charge in [0.05, 0.1) is 4.92 Å². The van der Waals surface area contributed by atoms with Gasteiger partial charge in [0, 0.05) is 25.1 Å². The Morgan fingerprint density at radius 2 is 2.08 bits per heavy atom.